The quantitative estimate of drug-likeness (QED) is 0.910. The van der Waals surface area contributed by atoms with E-state index in [4.69, 9.17) is 5.73 Å². The molecule has 0 aliphatic carbocycles. The standard InChI is InChI=1S/C15H13F3N2O/c16-12-3-1-2-11(14(12)18)15(21)20-8-10-5-4-9(7-19)6-13(10)17/h1-6H,7-8,19H2,(H,20,21). The van der Waals surface area contributed by atoms with Crippen LogP contribution in [0.4, 0.5) is 13.2 Å². The fraction of sp³-hybridized carbons (Fsp3) is 0.133. The van der Waals surface area contributed by atoms with Crippen molar-refractivity contribution < 1.29 is 18.0 Å². The second-order valence-electron chi connectivity index (χ2n) is 4.41. The number of rotatable bonds is 4. The third-order valence-electron chi connectivity index (χ3n) is 2.99. The van der Waals surface area contributed by atoms with Crippen molar-refractivity contribution in [3.05, 3.63) is 70.5 Å². The minimum atomic E-state index is -1.23. The summed E-state index contributed by atoms with van der Waals surface area (Å²) in [6.45, 7) is 0.0730. The van der Waals surface area contributed by atoms with Crippen molar-refractivity contribution in [3.63, 3.8) is 0 Å². The number of benzene rings is 2. The highest BCUT2D eigenvalue weighted by Crippen LogP contribution is 2.13. The zero-order valence-electron chi connectivity index (χ0n) is 11.0. The first-order chi connectivity index (χ1) is 10.0. The molecule has 2 aromatic carbocycles. The molecule has 0 fully saturated rings. The number of nitrogens with two attached hydrogens (primary N) is 1. The summed E-state index contributed by atoms with van der Waals surface area (Å²) >= 11 is 0. The highest BCUT2D eigenvalue weighted by molar-refractivity contribution is 5.94. The summed E-state index contributed by atoms with van der Waals surface area (Å²) in [4.78, 5) is 11.8. The Hall–Kier alpha value is -2.34. The first kappa shape index (κ1) is 15.1. The molecule has 0 aliphatic heterocycles. The van der Waals surface area contributed by atoms with Gasteiger partial charge in [0.15, 0.2) is 11.6 Å². The van der Waals surface area contributed by atoms with Gasteiger partial charge in [-0.25, -0.2) is 13.2 Å². The predicted molar refractivity (Wildman–Crippen MR) is 71.8 cm³/mol. The number of halogens is 3. The zero-order chi connectivity index (χ0) is 15.4. The van der Waals surface area contributed by atoms with Gasteiger partial charge in [-0.2, -0.15) is 0 Å². The van der Waals surface area contributed by atoms with Gasteiger partial charge in [-0.15, -0.1) is 0 Å². The number of hydrogen-bond acceptors (Lipinski definition) is 2. The lowest BCUT2D eigenvalue weighted by Gasteiger charge is -2.08. The second-order valence-corrected chi connectivity index (χ2v) is 4.41. The molecule has 2 aromatic rings. The van der Waals surface area contributed by atoms with Crippen molar-refractivity contribution >= 4 is 5.91 Å². The summed E-state index contributed by atoms with van der Waals surface area (Å²) in [6, 6.07) is 7.68. The van der Waals surface area contributed by atoms with E-state index in [1.807, 2.05) is 0 Å². The topological polar surface area (TPSA) is 55.1 Å². The summed E-state index contributed by atoms with van der Waals surface area (Å²) in [5, 5.41) is 2.34. The highest BCUT2D eigenvalue weighted by Gasteiger charge is 2.15. The Balaban J connectivity index is 2.09. The SMILES string of the molecule is NCc1ccc(CNC(=O)c2cccc(F)c2F)c(F)c1. The van der Waals surface area contributed by atoms with Crippen LogP contribution in [0.1, 0.15) is 21.5 Å². The first-order valence-electron chi connectivity index (χ1n) is 6.22. The molecular formula is C15H13F3N2O. The molecule has 1 amide bonds. The van der Waals surface area contributed by atoms with Gasteiger partial charge in [-0.3, -0.25) is 4.79 Å². The van der Waals surface area contributed by atoms with Crippen molar-refractivity contribution in [2.45, 2.75) is 13.1 Å². The molecule has 0 aliphatic rings. The van der Waals surface area contributed by atoms with E-state index >= 15 is 0 Å². The van der Waals surface area contributed by atoms with Gasteiger partial charge in [0.25, 0.3) is 5.91 Å². The minimum Gasteiger partial charge on any atom is -0.348 e. The molecule has 6 heteroatoms. The molecular weight excluding hydrogens is 281 g/mol. The maximum absolute atomic E-state index is 13.7. The van der Waals surface area contributed by atoms with Crippen LogP contribution in [0.25, 0.3) is 0 Å². The summed E-state index contributed by atoms with van der Waals surface area (Å²) in [5.41, 5.74) is 5.82. The van der Waals surface area contributed by atoms with Crippen LogP contribution < -0.4 is 11.1 Å². The Kier molecular flexibility index (Phi) is 4.59. The molecule has 3 nitrogen and oxygen atoms in total. The van der Waals surface area contributed by atoms with Gasteiger partial charge in [0.2, 0.25) is 0 Å². The smallest absolute Gasteiger partial charge is 0.254 e. The molecule has 0 saturated carbocycles. The molecule has 21 heavy (non-hydrogen) atoms. The number of hydrogen-bond donors (Lipinski definition) is 2. The second kappa shape index (κ2) is 6.41. The maximum atomic E-state index is 13.7. The molecule has 0 aromatic heterocycles. The fourth-order valence-electron chi connectivity index (χ4n) is 1.81. The Labute approximate surface area is 119 Å². The molecule has 0 spiro atoms. The lowest BCUT2D eigenvalue weighted by atomic mass is 10.1. The number of carbonyl (C=O) groups excluding carboxylic acids is 1. The summed E-state index contributed by atoms with van der Waals surface area (Å²) in [6.07, 6.45) is 0. The van der Waals surface area contributed by atoms with E-state index < -0.39 is 28.9 Å². The Morgan fingerprint density at radius 1 is 1.10 bits per heavy atom. The molecule has 0 atom stereocenters. The van der Waals surface area contributed by atoms with Crippen LogP contribution in [-0.4, -0.2) is 5.91 Å². The van der Waals surface area contributed by atoms with Gasteiger partial charge in [0.05, 0.1) is 5.56 Å². The van der Waals surface area contributed by atoms with E-state index in [0.29, 0.717) is 5.56 Å². The summed E-state index contributed by atoms with van der Waals surface area (Å²) < 4.78 is 40.1. The van der Waals surface area contributed by atoms with E-state index in [1.165, 1.54) is 18.2 Å². The van der Waals surface area contributed by atoms with Crippen LogP contribution >= 0.6 is 0 Å². The highest BCUT2D eigenvalue weighted by atomic mass is 19.2. The van der Waals surface area contributed by atoms with Gasteiger partial charge in [0.1, 0.15) is 5.82 Å². The molecule has 110 valence electrons. The van der Waals surface area contributed by atoms with Crippen LogP contribution in [0.5, 0.6) is 0 Å². The maximum Gasteiger partial charge on any atom is 0.254 e. The Bertz CT molecular complexity index is 674. The van der Waals surface area contributed by atoms with Crippen molar-refractivity contribution in [1.29, 1.82) is 0 Å². The zero-order valence-corrected chi connectivity index (χ0v) is 11.0. The van der Waals surface area contributed by atoms with Crippen LogP contribution in [0, 0.1) is 17.5 Å². The molecule has 0 heterocycles. The Morgan fingerprint density at radius 2 is 1.86 bits per heavy atom. The average Bonchev–Trinajstić information content (AvgIpc) is 2.48. The summed E-state index contributed by atoms with van der Waals surface area (Å²) in [7, 11) is 0. The number of nitrogens with one attached hydrogen (secondary N) is 1. The van der Waals surface area contributed by atoms with E-state index in [2.05, 4.69) is 5.32 Å². The lowest BCUT2D eigenvalue weighted by molar-refractivity contribution is 0.0945. The number of carbonyl (C=O) groups is 1. The predicted octanol–water partition coefficient (Wildman–Crippen LogP) is 2.49. The third-order valence-corrected chi connectivity index (χ3v) is 2.99. The van der Waals surface area contributed by atoms with Gasteiger partial charge in [-0.1, -0.05) is 18.2 Å². The van der Waals surface area contributed by atoms with Gasteiger partial charge in [-0.05, 0) is 23.8 Å². The molecule has 0 radical (unpaired) electrons. The van der Waals surface area contributed by atoms with Gasteiger partial charge >= 0.3 is 0 Å². The van der Waals surface area contributed by atoms with Crippen LogP contribution in [0.3, 0.4) is 0 Å². The number of amides is 1. The Morgan fingerprint density at radius 3 is 2.52 bits per heavy atom. The van der Waals surface area contributed by atoms with Crippen LogP contribution in [-0.2, 0) is 13.1 Å². The third kappa shape index (κ3) is 3.41. The van der Waals surface area contributed by atoms with Gasteiger partial charge in [0, 0.05) is 18.7 Å². The van der Waals surface area contributed by atoms with Crippen molar-refractivity contribution in [2.75, 3.05) is 0 Å². The van der Waals surface area contributed by atoms with Crippen molar-refractivity contribution in [1.82, 2.24) is 5.32 Å². The van der Waals surface area contributed by atoms with Crippen LogP contribution in [0.2, 0.25) is 0 Å². The first-order valence-corrected chi connectivity index (χ1v) is 6.22. The van der Waals surface area contributed by atoms with Crippen LogP contribution in [0.15, 0.2) is 36.4 Å². The molecule has 0 bridgehead atoms. The molecule has 2 rings (SSSR count). The van der Waals surface area contributed by atoms with Gasteiger partial charge < -0.3 is 11.1 Å². The monoisotopic (exact) mass is 294 g/mol. The van der Waals surface area contributed by atoms with E-state index in [1.54, 1.807) is 6.07 Å². The largest absolute Gasteiger partial charge is 0.348 e. The average molecular weight is 294 g/mol. The van der Waals surface area contributed by atoms with Crippen molar-refractivity contribution in [2.24, 2.45) is 5.73 Å². The molecule has 0 unspecified atom stereocenters. The van der Waals surface area contributed by atoms with E-state index in [-0.39, 0.29) is 18.7 Å². The van der Waals surface area contributed by atoms with E-state index in [9.17, 15) is 18.0 Å². The normalized spacial score (nSPS) is 10.5. The molecule has 0 saturated heterocycles. The van der Waals surface area contributed by atoms with E-state index in [0.717, 1.165) is 12.1 Å². The minimum absolute atomic E-state index is 0.133. The van der Waals surface area contributed by atoms with Crippen molar-refractivity contribution in [3.8, 4) is 0 Å². The molecule has 3 N–H and O–H groups in total. The lowest BCUT2D eigenvalue weighted by Crippen LogP contribution is -2.24. The fourth-order valence-corrected chi connectivity index (χ4v) is 1.81. The summed E-state index contributed by atoms with van der Waals surface area (Å²) in [5.74, 6) is -3.66.